The molecule has 1 atom stereocenters. The van der Waals surface area contributed by atoms with Gasteiger partial charge in [-0.3, -0.25) is 4.21 Å². The number of aromatic nitrogens is 3. The van der Waals surface area contributed by atoms with Crippen molar-refractivity contribution in [3.8, 4) is 0 Å². The van der Waals surface area contributed by atoms with Crippen LogP contribution in [0.1, 0.15) is 0 Å². The van der Waals surface area contributed by atoms with Crippen molar-refractivity contribution in [2.75, 3.05) is 0 Å². The third-order valence-electron chi connectivity index (χ3n) is 1.77. The van der Waals surface area contributed by atoms with E-state index >= 15 is 0 Å². The first-order valence-corrected chi connectivity index (χ1v) is 4.64. The summed E-state index contributed by atoms with van der Waals surface area (Å²) in [6.07, 6.45) is 0. The Labute approximate surface area is 105 Å². The third-order valence-corrected chi connectivity index (χ3v) is 2.41. The smallest absolute Gasteiger partial charge is 0.768 e. The van der Waals surface area contributed by atoms with E-state index in [1.54, 1.807) is 17.8 Å². The van der Waals surface area contributed by atoms with Crippen LogP contribution in [0.5, 0.6) is 0 Å². The van der Waals surface area contributed by atoms with Crippen LogP contribution in [-0.4, -0.2) is 23.8 Å². The standard InChI is InChI=1S/C7H7N3O2S.Na/c1-10-7-3-2-5(13(11)12)4-6(7)8-9-10;/h2-4H,1H3,(H,11,12);/q;+1/p-1. The molecule has 0 bridgehead atoms. The number of fused-ring (bicyclic) bond motifs is 1. The van der Waals surface area contributed by atoms with Crippen LogP contribution in [0, 0.1) is 0 Å². The molecule has 1 aromatic heterocycles. The van der Waals surface area contributed by atoms with Gasteiger partial charge in [-0.05, 0) is 29.3 Å². The van der Waals surface area contributed by atoms with Crippen LogP contribution in [0.2, 0.25) is 0 Å². The molecule has 68 valence electrons. The number of benzene rings is 1. The fourth-order valence-electron chi connectivity index (χ4n) is 1.12. The van der Waals surface area contributed by atoms with E-state index in [-0.39, 0.29) is 34.5 Å². The monoisotopic (exact) mass is 219 g/mol. The maximum atomic E-state index is 10.6. The molecule has 0 amide bonds. The zero-order chi connectivity index (χ0) is 9.42. The Hall–Kier alpha value is -0.270. The summed E-state index contributed by atoms with van der Waals surface area (Å²) in [5, 5.41) is 7.56. The summed E-state index contributed by atoms with van der Waals surface area (Å²) in [6.45, 7) is 0. The SMILES string of the molecule is Cn1nnc2cc(S(=O)[O-])ccc21.[Na+]. The van der Waals surface area contributed by atoms with E-state index in [0.29, 0.717) is 5.52 Å². The third kappa shape index (κ3) is 2.04. The summed E-state index contributed by atoms with van der Waals surface area (Å²) in [6, 6.07) is 4.70. The van der Waals surface area contributed by atoms with Crippen LogP contribution in [0.4, 0.5) is 0 Å². The number of nitrogens with zero attached hydrogens (tertiary/aromatic N) is 3. The topological polar surface area (TPSA) is 70.8 Å². The average Bonchev–Trinajstić information content (AvgIpc) is 2.47. The molecule has 0 aliphatic carbocycles. The maximum absolute atomic E-state index is 10.6. The molecule has 7 heteroatoms. The second-order valence-electron chi connectivity index (χ2n) is 2.60. The van der Waals surface area contributed by atoms with Crippen molar-refractivity contribution >= 4 is 22.1 Å². The van der Waals surface area contributed by atoms with Gasteiger partial charge in [-0.25, -0.2) is 4.68 Å². The summed E-state index contributed by atoms with van der Waals surface area (Å²) in [5.74, 6) is 0. The molecule has 0 radical (unpaired) electrons. The summed E-state index contributed by atoms with van der Waals surface area (Å²) < 4.78 is 22.8. The van der Waals surface area contributed by atoms with E-state index < -0.39 is 11.1 Å². The second kappa shape index (κ2) is 4.50. The molecule has 0 N–H and O–H groups in total. The van der Waals surface area contributed by atoms with E-state index in [1.807, 2.05) is 0 Å². The van der Waals surface area contributed by atoms with Gasteiger partial charge >= 0.3 is 29.6 Å². The van der Waals surface area contributed by atoms with Gasteiger partial charge in [0.05, 0.1) is 5.52 Å². The van der Waals surface area contributed by atoms with Crippen molar-refractivity contribution in [2.24, 2.45) is 7.05 Å². The molecule has 2 aromatic rings. The molecule has 0 spiro atoms. The first-order chi connectivity index (χ1) is 6.18. The molecule has 0 aliphatic heterocycles. The Morgan fingerprint density at radius 3 is 2.86 bits per heavy atom. The number of rotatable bonds is 1. The molecule has 1 heterocycles. The molecule has 1 unspecified atom stereocenters. The molecule has 0 saturated heterocycles. The minimum atomic E-state index is -2.20. The molecular weight excluding hydrogens is 213 g/mol. The Bertz CT molecular complexity index is 485. The summed E-state index contributed by atoms with van der Waals surface area (Å²) in [4.78, 5) is 0.230. The fraction of sp³-hybridized carbons (Fsp3) is 0.143. The zero-order valence-corrected chi connectivity index (χ0v) is 10.6. The van der Waals surface area contributed by atoms with E-state index in [1.165, 1.54) is 12.1 Å². The minimum Gasteiger partial charge on any atom is -0.768 e. The van der Waals surface area contributed by atoms with E-state index in [0.717, 1.165) is 5.52 Å². The van der Waals surface area contributed by atoms with Crippen LogP contribution in [0.15, 0.2) is 23.1 Å². The molecular formula is C7H6N3NaO2S. The van der Waals surface area contributed by atoms with Crippen molar-refractivity contribution in [3.05, 3.63) is 18.2 Å². The van der Waals surface area contributed by atoms with Crippen LogP contribution in [0.3, 0.4) is 0 Å². The maximum Gasteiger partial charge on any atom is 1.00 e. The Morgan fingerprint density at radius 2 is 2.21 bits per heavy atom. The van der Waals surface area contributed by atoms with Gasteiger partial charge in [0.1, 0.15) is 5.52 Å². The van der Waals surface area contributed by atoms with Crippen LogP contribution in [-0.2, 0) is 18.1 Å². The Morgan fingerprint density at radius 1 is 1.50 bits per heavy atom. The van der Waals surface area contributed by atoms with E-state index in [9.17, 15) is 8.76 Å². The van der Waals surface area contributed by atoms with Crippen molar-refractivity contribution < 1.29 is 38.3 Å². The van der Waals surface area contributed by atoms with Gasteiger partial charge in [0.25, 0.3) is 0 Å². The van der Waals surface area contributed by atoms with E-state index in [2.05, 4.69) is 10.3 Å². The molecule has 0 fully saturated rings. The van der Waals surface area contributed by atoms with Gasteiger partial charge in [-0.15, -0.1) is 5.10 Å². The molecule has 5 nitrogen and oxygen atoms in total. The molecule has 14 heavy (non-hydrogen) atoms. The van der Waals surface area contributed by atoms with Crippen LogP contribution in [0.25, 0.3) is 11.0 Å². The van der Waals surface area contributed by atoms with Crippen LogP contribution < -0.4 is 29.6 Å². The zero-order valence-electron chi connectivity index (χ0n) is 7.80. The number of aryl methyl sites for hydroxylation is 1. The number of hydrogen-bond acceptors (Lipinski definition) is 4. The largest absolute Gasteiger partial charge is 1.00 e. The quantitative estimate of drug-likeness (QED) is 0.384. The average molecular weight is 219 g/mol. The molecule has 2 rings (SSSR count). The normalized spacial score (nSPS) is 12.4. The van der Waals surface area contributed by atoms with Crippen LogP contribution >= 0.6 is 0 Å². The predicted octanol–water partition coefficient (Wildman–Crippen LogP) is -2.79. The number of hydrogen-bond donors (Lipinski definition) is 0. The second-order valence-corrected chi connectivity index (χ2v) is 3.54. The van der Waals surface area contributed by atoms with Gasteiger partial charge in [0, 0.05) is 11.9 Å². The van der Waals surface area contributed by atoms with Crippen molar-refractivity contribution in [1.29, 1.82) is 0 Å². The Kier molecular flexibility index (Phi) is 3.79. The summed E-state index contributed by atoms with van der Waals surface area (Å²) in [7, 11) is 1.75. The summed E-state index contributed by atoms with van der Waals surface area (Å²) >= 11 is -2.20. The fourth-order valence-corrected chi connectivity index (χ4v) is 1.51. The van der Waals surface area contributed by atoms with Gasteiger partial charge in [-0.1, -0.05) is 5.21 Å². The van der Waals surface area contributed by atoms with Gasteiger partial charge in [0.2, 0.25) is 0 Å². The first-order valence-electron chi connectivity index (χ1n) is 3.57. The molecule has 0 aliphatic rings. The molecule has 1 aromatic carbocycles. The van der Waals surface area contributed by atoms with Gasteiger partial charge in [-0.2, -0.15) is 0 Å². The Balaban J connectivity index is 0.000000980. The van der Waals surface area contributed by atoms with E-state index in [4.69, 9.17) is 0 Å². The van der Waals surface area contributed by atoms with Gasteiger partial charge in [0.15, 0.2) is 0 Å². The van der Waals surface area contributed by atoms with Gasteiger partial charge < -0.3 is 4.55 Å². The molecule has 0 saturated carbocycles. The first kappa shape index (κ1) is 11.8. The van der Waals surface area contributed by atoms with Crippen molar-refractivity contribution in [3.63, 3.8) is 0 Å². The predicted molar refractivity (Wildman–Crippen MR) is 45.7 cm³/mol. The summed E-state index contributed by atoms with van der Waals surface area (Å²) in [5.41, 5.74) is 1.40. The van der Waals surface area contributed by atoms with Crippen molar-refractivity contribution in [2.45, 2.75) is 4.90 Å². The van der Waals surface area contributed by atoms with Crippen molar-refractivity contribution in [1.82, 2.24) is 15.0 Å². The minimum absolute atomic E-state index is 0.